The largest absolute Gasteiger partial charge is 0.269 e. The van der Waals surface area contributed by atoms with Gasteiger partial charge in [0.15, 0.2) is 0 Å². The van der Waals surface area contributed by atoms with Gasteiger partial charge in [-0.25, -0.2) is 4.98 Å². The Kier molecular flexibility index (Phi) is 3.82. The molecule has 0 aliphatic carbocycles. The van der Waals surface area contributed by atoms with Gasteiger partial charge in [-0.2, -0.15) is 0 Å². The van der Waals surface area contributed by atoms with E-state index in [1.54, 1.807) is 6.20 Å². The van der Waals surface area contributed by atoms with Crippen LogP contribution >= 0.6 is 11.6 Å². The topological polar surface area (TPSA) is 34.4 Å². The Bertz CT molecular complexity index is 941. The van der Waals surface area contributed by atoms with Crippen LogP contribution in [0.5, 0.6) is 0 Å². The highest BCUT2D eigenvalue weighted by atomic mass is 35.5. The molecule has 0 amide bonds. The third kappa shape index (κ3) is 2.95. The van der Waals surface area contributed by atoms with Gasteiger partial charge in [-0.1, -0.05) is 47.5 Å². The van der Waals surface area contributed by atoms with Crippen LogP contribution in [0.1, 0.15) is 22.4 Å². The molecule has 0 aliphatic rings. The van der Waals surface area contributed by atoms with Crippen molar-refractivity contribution in [2.75, 3.05) is 0 Å². The lowest BCUT2D eigenvalue weighted by atomic mass is 10.1. The number of hydrogen-bond donors (Lipinski definition) is 0. The summed E-state index contributed by atoms with van der Waals surface area (Å²) in [4.78, 5) is 16.7. The van der Waals surface area contributed by atoms with Crippen molar-refractivity contribution in [3.8, 4) is 0 Å². The van der Waals surface area contributed by atoms with Crippen LogP contribution in [-0.2, 0) is 0 Å². The number of fused-ring (bicyclic) bond motifs is 1. The molecule has 0 aliphatic heterocycles. The van der Waals surface area contributed by atoms with E-state index in [0.717, 1.165) is 16.7 Å². The maximum absolute atomic E-state index is 12.2. The number of benzene rings is 1. The SMILES string of the molecule is Cc1cccc(/C=C(\Cl)c2cc(=O)n3cc(C)ccc3n2)c1. The molecule has 3 rings (SSSR count). The van der Waals surface area contributed by atoms with Gasteiger partial charge in [0.2, 0.25) is 0 Å². The summed E-state index contributed by atoms with van der Waals surface area (Å²) in [5.41, 5.74) is 4.07. The second-order valence-corrected chi connectivity index (χ2v) is 5.73. The van der Waals surface area contributed by atoms with Crippen LogP contribution in [0.25, 0.3) is 16.8 Å². The summed E-state index contributed by atoms with van der Waals surface area (Å²) in [5, 5.41) is 0.450. The van der Waals surface area contributed by atoms with Gasteiger partial charge >= 0.3 is 0 Å². The van der Waals surface area contributed by atoms with E-state index in [0.29, 0.717) is 16.4 Å². The highest BCUT2D eigenvalue weighted by molar-refractivity contribution is 6.51. The summed E-state index contributed by atoms with van der Waals surface area (Å²) < 4.78 is 1.52. The van der Waals surface area contributed by atoms with Gasteiger partial charge in [0, 0.05) is 12.3 Å². The summed E-state index contributed by atoms with van der Waals surface area (Å²) in [5.74, 6) is 0. The van der Waals surface area contributed by atoms with Gasteiger partial charge in [0.25, 0.3) is 5.56 Å². The molecule has 1 aromatic carbocycles. The highest BCUT2D eigenvalue weighted by Crippen LogP contribution is 2.20. The molecular weight excluding hydrogens is 296 g/mol. The number of pyridine rings is 1. The molecule has 22 heavy (non-hydrogen) atoms. The smallest absolute Gasteiger partial charge is 0.258 e. The maximum Gasteiger partial charge on any atom is 0.258 e. The third-order valence-corrected chi connectivity index (χ3v) is 3.69. The van der Waals surface area contributed by atoms with Crippen molar-refractivity contribution in [2.45, 2.75) is 13.8 Å². The summed E-state index contributed by atoms with van der Waals surface area (Å²) >= 11 is 6.35. The molecule has 3 nitrogen and oxygen atoms in total. The lowest BCUT2D eigenvalue weighted by Gasteiger charge is -2.04. The minimum absolute atomic E-state index is 0.139. The summed E-state index contributed by atoms with van der Waals surface area (Å²) in [6.45, 7) is 3.96. The minimum atomic E-state index is -0.139. The summed E-state index contributed by atoms with van der Waals surface area (Å²) in [7, 11) is 0. The highest BCUT2D eigenvalue weighted by Gasteiger charge is 2.06. The summed E-state index contributed by atoms with van der Waals surface area (Å²) in [6.07, 6.45) is 3.59. The zero-order valence-corrected chi connectivity index (χ0v) is 13.1. The van der Waals surface area contributed by atoms with E-state index in [-0.39, 0.29) is 5.56 Å². The van der Waals surface area contributed by atoms with Crippen LogP contribution in [0.2, 0.25) is 0 Å². The van der Waals surface area contributed by atoms with E-state index in [4.69, 9.17) is 11.6 Å². The van der Waals surface area contributed by atoms with Crippen LogP contribution in [0, 0.1) is 13.8 Å². The predicted octanol–water partition coefficient (Wildman–Crippen LogP) is 4.05. The first-order chi connectivity index (χ1) is 10.5. The van der Waals surface area contributed by atoms with Crippen molar-refractivity contribution >= 4 is 28.4 Å². The van der Waals surface area contributed by atoms with E-state index >= 15 is 0 Å². The third-order valence-electron chi connectivity index (χ3n) is 3.39. The van der Waals surface area contributed by atoms with Gasteiger partial charge in [-0.05, 0) is 37.1 Å². The Labute approximate surface area is 133 Å². The average Bonchev–Trinajstić information content (AvgIpc) is 2.48. The number of aryl methyl sites for hydroxylation is 2. The molecule has 0 N–H and O–H groups in total. The van der Waals surface area contributed by atoms with Crippen LogP contribution in [-0.4, -0.2) is 9.38 Å². The molecular formula is C18H15ClN2O. The second kappa shape index (κ2) is 5.78. The van der Waals surface area contributed by atoms with Crippen molar-refractivity contribution in [2.24, 2.45) is 0 Å². The van der Waals surface area contributed by atoms with Crippen LogP contribution < -0.4 is 5.56 Å². The molecule has 0 bridgehead atoms. The van der Waals surface area contributed by atoms with Gasteiger partial charge in [0.1, 0.15) is 5.65 Å². The zero-order valence-electron chi connectivity index (χ0n) is 12.4. The fraction of sp³-hybridized carbons (Fsp3) is 0.111. The number of hydrogen-bond acceptors (Lipinski definition) is 2. The minimum Gasteiger partial charge on any atom is -0.269 e. The molecule has 2 heterocycles. The molecule has 4 heteroatoms. The molecule has 2 aromatic heterocycles. The molecule has 0 radical (unpaired) electrons. The van der Waals surface area contributed by atoms with Gasteiger partial charge < -0.3 is 0 Å². The Balaban J connectivity index is 2.10. The van der Waals surface area contributed by atoms with Crippen LogP contribution in [0.3, 0.4) is 0 Å². The molecule has 110 valence electrons. The average molecular weight is 311 g/mol. The van der Waals surface area contributed by atoms with Gasteiger partial charge in [0.05, 0.1) is 10.7 Å². The van der Waals surface area contributed by atoms with E-state index in [1.807, 2.05) is 56.3 Å². The quantitative estimate of drug-likeness (QED) is 0.715. The lowest BCUT2D eigenvalue weighted by molar-refractivity contribution is 1.02. The van der Waals surface area contributed by atoms with Crippen LogP contribution in [0.15, 0.2) is 53.5 Å². The van der Waals surface area contributed by atoms with E-state index in [1.165, 1.54) is 10.5 Å². The molecule has 0 unspecified atom stereocenters. The lowest BCUT2D eigenvalue weighted by Crippen LogP contribution is -2.15. The number of aromatic nitrogens is 2. The van der Waals surface area contributed by atoms with Crippen molar-refractivity contribution in [1.29, 1.82) is 0 Å². The summed E-state index contributed by atoms with van der Waals surface area (Å²) in [6, 6.07) is 13.2. The first-order valence-corrected chi connectivity index (χ1v) is 7.35. The Morgan fingerprint density at radius 2 is 1.95 bits per heavy atom. The van der Waals surface area contributed by atoms with Crippen molar-refractivity contribution < 1.29 is 0 Å². The maximum atomic E-state index is 12.2. The number of nitrogens with zero attached hydrogens (tertiary/aromatic N) is 2. The molecule has 0 fully saturated rings. The van der Waals surface area contributed by atoms with Crippen molar-refractivity contribution in [3.63, 3.8) is 0 Å². The molecule has 3 aromatic rings. The second-order valence-electron chi connectivity index (χ2n) is 5.32. The van der Waals surface area contributed by atoms with E-state index in [9.17, 15) is 4.79 Å². The van der Waals surface area contributed by atoms with E-state index < -0.39 is 0 Å². The van der Waals surface area contributed by atoms with Crippen LogP contribution in [0.4, 0.5) is 0 Å². The number of rotatable bonds is 2. The van der Waals surface area contributed by atoms with E-state index in [2.05, 4.69) is 4.98 Å². The Morgan fingerprint density at radius 3 is 2.73 bits per heavy atom. The van der Waals surface area contributed by atoms with Gasteiger partial charge in [-0.3, -0.25) is 9.20 Å². The molecule has 0 saturated carbocycles. The first-order valence-electron chi connectivity index (χ1n) is 6.97. The Hall–Kier alpha value is -2.39. The van der Waals surface area contributed by atoms with Crippen molar-refractivity contribution in [3.05, 3.63) is 81.4 Å². The first kappa shape index (κ1) is 14.5. The number of halogens is 1. The molecule has 0 saturated heterocycles. The monoisotopic (exact) mass is 310 g/mol. The normalized spacial score (nSPS) is 11.9. The Morgan fingerprint density at radius 1 is 1.14 bits per heavy atom. The fourth-order valence-corrected chi connectivity index (χ4v) is 2.53. The zero-order chi connectivity index (χ0) is 15.7. The standard InChI is InChI=1S/C18H15ClN2O/c1-12-4-3-5-14(8-12)9-15(19)16-10-18(22)21-11-13(2)6-7-17(21)20-16/h3-11H,1-2H3/b15-9-. The molecule has 0 atom stereocenters. The fourth-order valence-electron chi connectivity index (χ4n) is 2.31. The van der Waals surface area contributed by atoms with Crippen molar-refractivity contribution in [1.82, 2.24) is 9.38 Å². The van der Waals surface area contributed by atoms with Gasteiger partial charge in [-0.15, -0.1) is 0 Å². The molecule has 0 spiro atoms. The predicted molar refractivity (Wildman–Crippen MR) is 91.1 cm³/mol.